The van der Waals surface area contributed by atoms with Crippen LogP contribution in [0.2, 0.25) is 0 Å². The molecule has 0 bridgehead atoms. The third kappa shape index (κ3) is 3.04. The monoisotopic (exact) mass is 290 g/mol. The molecule has 0 spiro atoms. The van der Waals surface area contributed by atoms with Crippen LogP contribution in [0.1, 0.15) is 89.3 Å². The fourth-order valence-corrected chi connectivity index (χ4v) is 3.85. The van der Waals surface area contributed by atoms with Crippen LogP contribution in [-0.4, -0.2) is 15.9 Å². The fraction of sp³-hybridized carbons (Fsp3) is 0.824. The molecule has 2 saturated carbocycles. The summed E-state index contributed by atoms with van der Waals surface area (Å²) in [4.78, 5) is 16.3. The molecule has 1 aromatic rings. The molecule has 3 rings (SSSR count). The van der Waals surface area contributed by atoms with Crippen LogP contribution in [0.25, 0.3) is 0 Å². The third-order valence-electron chi connectivity index (χ3n) is 5.38. The van der Waals surface area contributed by atoms with E-state index in [1.165, 1.54) is 12.8 Å². The highest BCUT2D eigenvalue weighted by molar-refractivity contribution is 5.86. The van der Waals surface area contributed by atoms with E-state index >= 15 is 0 Å². The lowest BCUT2D eigenvalue weighted by Crippen LogP contribution is -2.25. The Morgan fingerprint density at radius 1 is 1.10 bits per heavy atom. The summed E-state index contributed by atoms with van der Waals surface area (Å²) in [5.74, 6) is 2.73. The first-order valence-electron chi connectivity index (χ1n) is 8.31. The van der Waals surface area contributed by atoms with E-state index in [2.05, 4.69) is 30.9 Å². The molecule has 1 aromatic heterocycles. The van der Waals surface area contributed by atoms with E-state index in [0.717, 1.165) is 37.4 Å². The molecule has 0 radical (unpaired) electrons. The van der Waals surface area contributed by atoms with Gasteiger partial charge < -0.3 is 4.52 Å². The minimum absolute atomic E-state index is 0.128. The van der Waals surface area contributed by atoms with Gasteiger partial charge in [0, 0.05) is 12.3 Å². The van der Waals surface area contributed by atoms with Gasteiger partial charge >= 0.3 is 0 Å². The molecule has 21 heavy (non-hydrogen) atoms. The molecule has 1 unspecified atom stereocenters. The number of hydrogen-bond donors (Lipinski definition) is 0. The van der Waals surface area contributed by atoms with Crippen LogP contribution in [0, 0.1) is 11.3 Å². The number of hydrogen-bond acceptors (Lipinski definition) is 4. The van der Waals surface area contributed by atoms with Crippen LogP contribution in [0.3, 0.4) is 0 Å². The van der Waals surface area contributed by atoms with E-state index in [1.54, 1.807) is 0 Å². The average molecular weight is 290 g/mol. The van der Waals surface area contributed by atoms with E-state index in [0.29, 0.717) is 23.6 Å². The van der Waals surface area contributed by atoms with Crippen molar-refractivity contribution in [3.63, 3.8) is 0 Å². The summed E-state index contributed by atoms with van der Waals surface area (Å²) in [5, 5.41) is 4.17. The van der Waals surface area contributed by atoms with Crippen molar-refractivity contribution < 1.29 is 9.32 Å². The zero-order valence-electron chi connectivity index (χ0n) is 13.4. The second kappa shape index (κ2) is 5.54. The molecule has 0 aliphatic heterocycles. The molecule has 0 aromatic carbocycles. The number of carbonyl (C=O) groups is 1. The number of aromatic nitrogens is 2. The van der Waals surface area contributed by atoms with Crippen LogP contribution in [0.5, 0.6) is 0 Å². The van der Waals surface area contributed by atoms with Gasteiger partial charge in [0.1, 0.15) is 5.78 Å². The largest absolute Gasteiger partial charge is 0.339 e. The van der Waals surface area contributed by atoms with Gasteiger partial charge in [0.05, 0.1) is 5.92 Å². The van der Waals surface area contributed by atoms with Gasteiger partial charge in [-0.15, -0.1) is 0 Å². The normalized spacial score (nSPS) is 30.8. The molecule has 1 heterocycles. The Hall–Kier alpha value is -1.19. The second-order valence-electron chi connectivity index (χ2n) is 7.82. The topological polar surface area (TPSA) is 56.0 Å². The zero-order chi connectivity index (χ0) is 15.0. The van der Waals surface area contributed by atoms with Crippen LogP contribution in [0.15, 0.2) is 4.52 Å². The van der Waals surface area contributed by atoms with Crippen molar-refractivity contribution in [1.82, 2.24) is 10.1 Å². The Balaban J connectivity index is 1.64. The Labute approximate surface area is 126 Å². The first kappa shape index (κ1) is 14.7. The minimum Gasteiger partial charge on any atom is -0.339 e. The summed E-state index contributed by atoms with van der Waals surface area (Å²) in [6.07, 6.45) is 7.24. The smallest absolute Gasteiger partial charge is 0.237 e. The van der Waals surface area contributed by atoms with Crippen LogP contribution in [-0.2, 0) is 4.79 Å². The van der Waals surface area contributed by atoms with E-state index in [-0.39, 0.29) is 11.7 Å². The lowest BCUT2D eigenvalue weighted by molar-refractivity contribution is -0.119. The number of nitrogens with zero attached hydrogens (tertiary/aromatic N) is 2. The summed E-state index contributed by atoms with van der Waals surface area (Å²) in [7, 11) is 0. The van der Waals surface area contributed by atoms with E-state index in [4.69, 9.17) is 4.52 Å². The Morgan fingerprint density at radius 3 is 2.38 bits per heavy atom. The van der Waals surface area contributed by atoms with Gasteiger partial charge in [0.25, 0.3) is 0 Å². The predicted molar refractivity (Wildman–Crippen MR) is 80.1 cm³/mol. The van der Waals surface area contributed by atoms with Crippen LogP contribution in [0.4, 0.5) is 0 Å². The van der Waals surface area contributed by atoms with Gasteiger partial charge in [-0.05, 0) is 49.9 Å². The van der Waals surface area contributed by atoms with Crippen molar-refractivity contribution in [1.29, 1.82) is 0 Å². The molecule has 0 N–H and O–H groups in total. The van der Waals surface area contributed by atoms with Gasteiger partial charge in [0.2, 0.25) is 5.89 Å². The molecule has 2 fully saturated rings. The fourth-order valence-electron chi connectivity index (χ4n) is 3.85. The number of carbonyl (C=O) groups excluding carboxylic acids is 1. The quantitative estimate of drug-likeness (QED) is 0.818. The first-order chi connectivity index (χ1) is 9.95. The van der Waals surface area contributed by atoms with Crippen molar-refractivity contribution in [2.45, 2.75) is 77.6 Å². The third-order valence-corrected chi connectivity index (χ3v) is 5.38. The SMILES string of the molecule is CC(C)(C)C1CCC(c2noc(C3CCCC3=O)n2)CC1. The van der Waals surface area contributed by atoms with Crippen LogP contribution >= 0.6 is 0 Å². The molecule has 1 atom stereocenters. The summed E-state index contributed by atoms with van der Waals surface area (Å²) in [6.45, 7) is 6.99. The molecule has 116 valence electrons. The number of ketones is 1. The van der Waals surface area contributed by atoms with Crippen molar-refractivity contribution in [3.8, 4) is 0 Å². The van der Waals surface area contributed by atoms with Gasteiger partial charge in [-0.3, -0.25) is 4.79 Å². The molecule has 4 heteroatoms. The molecule has 2 aliphatic carbocycles. The molecular formula is C17H26N2O2. The van der Waals surface area contributed by atoms with Crippen molar-refractivity contribution in [2.24, 2.45) is 11.3 Å². The summed E-state index contributed by atoms with van der Waals surface area (Å²) in [5.41, 5.74) is 0.393. The van der Waals surface area contributed by atoms with Gasteiger partial charge in [-0.1, -0.05) is 25.9 Å². The summed E-state index contributed by atoms with van der Waals surface area (Å²) >= 11 is 0. The summed E-state index contributed by atoms with van der Waals surface area (Å²) < 4.78 is 5.38. The van der Waals surface area contributed by atoms with Crippen LogP contribution < -0.4 is 0 Å². The van der Waals surface area contributed by atoms with Crippen molar-refractivity contribution in [2.75, 3.05) is 0 Å². The molecular weight excluding hydrogens is 264 g/mol. The molecule has 4 nitrogen and oxygen atoms in total. The highest BCUT2D eigenvalue weighted by Gasteiger charge is 2.34. The molecule has 0 amide bonds. The number of rotatable bonds is 2. The van der Waals surface area contributed by atoms with Gasteiger partial charge in [0.15, 0.2) is 5.82 Å². The first-order valence-corrected chi connectivity index (χ1v) is 8.31. The predicted octanol–water partition coefficient (Wildman–Crippen LogP) is 4.23. The number of Topliss-reactive ketones (excluding diaryl/α,β-unsaturated/α-hetero) is 1. The highest BCUT2D eigenvalue weighted by Crippen LogP contribution is 2.42. The molecule has 0 saturated heterocycles. The second-order valence-corrected chi connectivity index (χ2v) is 7.82. The standard InChI is InChI=1S/C17H26N2O2/c1-17(2,3)12-9-7-11(8-10-12)15-18-16(21-19-15)13-5-4-6-14(13)20/h11-13H,4-10H2,1-3H3. The van der Waals surface area contributed by atoms with E-state index in [9.17, 15) is 4.79 Å². The highest BCUT2D eigenvalue weighted by atomic mass is 16.5. The van der Waals surface area contributed by atoms with Gasteiger partial charge in [-0.2, -0.15) is 4.98 Å². The Morgan fingerprint density at radius 2 is 1.81 bits per heavy atom. The Kier molecular flexibility index (Phi) is 3.89. The summed E-state index contributed by atoms with van der Waals surface area (Å²) in [6, 6.07) is 0. The van der Waals surface area contributed by atoms with Crippen molar-refractivity contribution >= 4 is 5.78 Å². The molecule has 2 aliphatic rings. The van der Waals surface area contributed by atoms with Crippen molar-refractivity contribution in [3.05, 3.63) is 11.7 Å². The van der Waals surface area contributed by atoms with E-state index in [1.807, 2.05) is 0 Å². The maximum atomic E-state index is 11.8. The van der Waals surface area contributed by atoms with E-state index < -0.39 is 0 Å². The lowest BCUT2D eigenvalue weighted by atomic mass is 9.70. The average Bonchev–Trinajstić information content (AvgIpc) is 3.06. The van der Waals surface area contributed by atoms with Gasteiger partial charge in [-0.25, -0.2) is 0 Å². The Bertz CT molecular complexity index is 507. The maximum absolute atomic E-state index is 11.8. The zero-order valence-corrected chi connectivity index (χ0v) is 13.4. The maximum Gasteiger partial charge on any atom is 0.237 e. The minimum atomic E-state index is -0.128. The lowest BCUT2D eigenvalue weighted by Gasteiger charge is -2.36.